The van der Waals surface area contributed by atoms with Crippen LogP contribution in [0.5, 0.6) is 5.75 Å². The Bertz CT molecular complexity index is 1130. The second-order valence-corrected chi connectivity index (χ2v) is 8.38. The Morgan fingerprint density at radius 2 is 1.84 bits per heavy atom. The number of benzene rings is 2. The second-order valence-electron chi connectivity index (χ2n) is 8.38. The first-order valence-electron chi connectivity index (χ1n) is 11.1. The minimum atomic E-state index is -0.655. The quantitative estimate of drug-likeness (QED) is 0.465. The number of nitrogens with one attached hydrogen (secondary N) is 1. The Labute approximate surface area is 189 Å². The van der Waals surface area contributed by atoms with Crippen LogP contribution in [0.3, 0.4) is 0 Å². The van der Waals surface area contributed by atoms with Gasteiger partial charge in [0, 0.05) is 23.2 Å². The van der Waals surface area contributed by atoms with Crippen molar-refractivity contribution in [2.45, 2.75) is 52.7 Å². The summed E-state index contributed by atoms with van der Waals surface area (Å²) in [5, 5.41) is 3.50. The van der Waals surface area contributed by atoms with E-state index in [0.29, 0.717) is 16.7 Å². The highest BCUT2D eigenvalue weighted by Crippen LogP contribution is 2.30. The van der Waals surface area contributed by atoms with E-state index in [-0.39, 0.29) is 11.7 Å². The molecule has 170 valence electrons. The van der Waals surface area contributed by atoms with Gasteiger partial charge in [0.15, 0.2) is 0 Å². The molecular weight excluding hydrogens is 404 g/mol. The predicted molar refractivity (Wildman–Crippen MR) is 129 cm³/mol. The maximum Gasteiger partial charge on any atom is 0.349 e. The van der Waals surface area contributed by atoms with Crippen LogP contribution in [0.15, 0.2) is 51.7 Å². The molecule has 0 saturated heterocycles. The number of fused-ring (bicyclic) bond motifs is 1. The van der Waals surface area contributed by atoms with Crippen molar-refractivity contribution in [3.8, 4) is 5.75 Å². The Morgan fingerprint density at radius 3 is 2.47 bits per heavy atom. The minimum Gasteiger partial charge on any atom is -0.490 e. The molecule has 0 aliphatic rings. The third kappa shape index (κ3) is 5.56. The standard InChI is InChI=1S/C26H32N2O4/c1-6-8-21-23(31-17(3)7-2)14-11-19-15-22(26(30)32-24(19)21)25(29)27-20-12-9-18(10-13-20)16-28(4)5/h9-15,17H,6-8,16H2,1-5H3,(H,27,29)/t17-/m0/s1. The van der Waals surface area contributed by atoms with Crippen molar-refractivity contribution >= 4 is 22.6 Å². The van der Waals surface area contributed by atoms with Gasteiger partial charge in [-0.2, -0.15) is 0 Å². The molecule has 1 amide bonds. The number of carbonyl (C=O) groups excluding carboxylic acids is 1. The molecule has 0 unspecified atom stereocenters. The van der Waals surface area contributed by atoms with Crippen molar-refractivity contribution in [3.05, 3.63) is 69.6 Å². The van der Waals surface area contributed by atoms with E-state index in [1.165, 1.54) is 0 Å². The fourth-order valence-electron chi connectivity index (χ4n) is 3.54. The van der Waals surface area contributed by atoms with Crippen molar-refractivity contribution in [1.29, 1.82) is 0 Å². The van der Waals surface area contributed by atoms with Crippen LogP contribution in [0.1, 0.15) is 55.1 Å². The van der Waals surface area contributed by atoms with E-state index in [4.69, 9.17) is 9.15 Å². The maximum atomic E-state index is 12.8. The molecule has 3 rings (SSSR count). The molecule has 6 nitrogen and oxygen atoms in total. The Hall–Kier alpha value is -3.12. The highest BCUT2D eigenvalue weighted by molar-refractivity contribution is 6.05. The maximum absolute atomic E-state index is 12.8. The first-order chi connectivity index (χ1) is 15.3. The Balaban J connectivity index is 1.90. The third-order valence-corrected chi connectivity index (χ3v) is 5.32. The molecule has 0 aliphatic carbocycles. The normalized spacial score (nSPS) is 12.2. The third-order valence-electron chi connectivity index (χ3n) is 5.32. The largest absolute Gasteiger partial charge is 0.490 e. The fraction of sp³-hybridized carbons (Fsp3) is 0.385. The first kappa shape index (κ1) is 23.5. The van der Waals surface area contributed by atoms with Gasteiger partial charge in [0.25, 0.3) is 5.91 Å². The number of hydrogen-bond donors (Lipinski definition) is 1. The lowest BCUT2D eigenvalue weighted by molar-refractivity contribution is 0.102. The van der Waals surface area contributed by atoms with Crippen LogP contribution in [0, 0.1) is 0 Å². The van der Waals surface area contributed by atoms with Crippen LogP contribution >= 0.6 is 0 Å². The number of amides is 1. The van der Waals surface area contributed by atoms with Crippen LogP contribution in [0.2, 0.25) is 0 Å². The average molecular weight is 437 g/mol. The van der Waals surface area contributed by atoms with E-state index in [0.717, 1.165) is 42.7 Å². The molecular formula is C26H32N2O4. The average Bonchev–Trinajstić information content (AvgIpc) is 2.76. The van der Waals surface area contributed by atoms with Gasteiger partial charge in [-0.3, -0.25) is 4.79 Å². The number of ether oxygens (including phenoxy) is 1. The highest BCUT2D eigenvalue weighted by atomic mass is 16.5. The van der Waals surface area contributed by atoms with Gasteiger partial charge in [0.05, 0.1) is 6.10 Å². The van der Waals surface area contributed by atoms with Crippen LogP contribution in [-0.2, 0) is 13.0 Å². The number of carbonyl (C=O) groups is 1. The molecule has 0 spiro atoms. The van der Waals surface area contributed by atoms with E-state index in [2.05, 4.69) is 24.1 Å². The van der Waals surface area contributed by atoms with Crippen LogP contribution in [-0.4, -0.2) is 31.0 Å². The molecule has 0 aliphatic heterocycles. The molecule has 0 saturated carbocycles. The number of anilines is 1. The second kappa shape index (κ2) is 10.5. The number of rotatable bonds is 9. The van der Waals surface area contributed by atoms with Gasteiger partial charge in [-0.1, -0.05) is 32.4 Å². The van der Waals surface area contributed by atoms with E-state index in [9.17, 15) is 9.59 Å². The molecule has 1 N–H and O–H groups in total. The molecule has 0 bridgehead atoms. The Morgan fingerprint density at radius 1 is 1.12 bits per heavy atom. The summed E-state index contributed by atoms with van der Waals surface area (Å²) >= 11 is 0. The summed E-state index contributed by atoms with van der Waals surface area (Å²) in [6.45, 7) is 6.95. The summed E-state index contributed by atoms with van der Waals surface area (Å²) in [5.74, 6) is 0.241. The zero-order valence-electron chi connectivity index (χ0n) is 19.5. The summed E-state index contributed by atoms with van der Waals surface area (Å²) in [6, 6.07) is 12.9. The predicted octanol–water partition coefficient (Wildman–Crippen LogP) is 5.24. The molecule has 0 fully saturated rings. The summed E-state index contributed by atoms with van der Waals surface area (Å²) in [4.78, 5) is 27.6. The molecule has 3 aromatic rings. The molecule has 32 heavy (non-hydrogen) atoms. The molecule has 1 atom stereocenters. The van der Waals surface area contributed by atoms with Gasteiger partial charge >= 0.3 is 5.63 Å². The lowest BCUT2D eigenvalue weighted by Crippen LogP contribution is -2.21. The highest BCUT2D eigenvalue weighted by Gasteiger charge is 2.18. The summed E-state index contributed by atoms with van der Waals surface area (Å²) in [7, 11) is 4.00. The van der Waals surface area contributed by atoms with Gasteiger partial charge in [-0.05, 0) is 69.8 Å². The molecule has 1 heterocycles. The monoisotopic (exact) mass is 436 g/mol. The zero-order chi connectivity index (χ0) is 23.3. The number of nitrogens with zero attached hydrogens (tertiary/aromatic N) is 1. The fourth-order valence-corrected chi connectivity index (χ4v) is 3.54. The van der Waals surface area contributed by atoms with Gasteiger partial charge < -0.3 is 19.4 Å². The van der Waals surface area contributed by atoms with E-state index >= 15 is 0 Å². The van der Waals surface area contributed by atoms with Crippen LogP contribution < -0.4 is 15.7 Å². The van der Waals surface area contributed by atoms with Crippen molar-refractivity contribution < 1.29 is 13.9 Å². The van der Waals surface area contributed by atoms with Gasteiger partial charge in [0.1, 0.15) is 16.9 Å². The van der Waals surface area contributed by atoms with Crippen molar-refractivity contribution in [3.63, 3.8) is 0 Å². The van der Waals surface area contributed by atoms with Gasteiger partial charge in [-0.25, -0.2) is 4.79 Å². The van der Waals surface area contributed by atoms with Crippen molar-refractivity contribution in [2.24, 2.45) is 0 Å². The summed E-state index contributed by atoms with van der Waals surface area (Å²) in [6.07, 6.45) is 2.54. The lowest BCUT2D eigenvalue weighted by atomic mass is 10.0. The molecule has 0 radical (unpaired) electrons. The SMILES string of the molecule is CCCc1c(O[C@@H](C)CC)ccc2cc(C(=O)Nc3ccc(CN(C)C)cc3)c(=O)oc12. The van der Waals surface area contributed by atoms with Gasteiger partial charge in [0.2, 0.25) is 0 Å². The molecule has 6 heteroatoms. The lowest BCUT2D eigenvalue weighted by Gasteiger charge is -2.17. The molecule has 1 aromatic heterocycles. The smallest absolute Gasteiger partial charge is 0.349 e. The summed E-state index contributed by atoms with van der Waals surface area (Å²) < 4.78 is 11.7. The van der Waals surface area contributed by atoms with E-state index in [1.807, 2.05) is 57.4 Å². The number of aryl methyl sites for hydroxylation is 1. The number of hydrogen-bond acceptors (Lipinski definition) is 5. The van der Waals surface area contributed by atoms with Crippen molar-refractivity contribution in [1.82, 2.24) is 4.90 Å². The van der Waals surface area contributed by atoms with Crippen LogP contribution in [0.4, 0.5) is 5.69 Å². The van der Waals surface area contributed by atoms with Gasteiger partial charge in [-0.15, -0.1) is 0 Å². The van der Waals surface area contributed by atoms with Crippen molar-refractivity contribution in [2.75, 3.05) is 19.4 Å². The first-order valence-corrected chi connectivity index (χ1v) is 11.1. The topological polar surface area (TPSA) is 71.8 Å². The molecule has 2 aromatic carbocycles. The van der Waals surface area contributed by atoms with E-state index in [1.54, 1.807) is 6.07 Å². The summed E-state index contributed by atoms with van der Waals surface area (Å²) in [5.41, 5.74) is 2.44. The minimum absolute atomic E-state index is 0.0205. The Kier molecular flexibility index (Phi) is 7.70. The zero-order valence-corrected chi connectivity index (χ0v) is 19.5. The van der Waals surface area contributed by atoms with Crippen LogP contribution in [0.25, 0.3) is 11.0 Å². The van der Waals surface area contributed by atoms with E-state index < -0.39 is 11.5 Å².